The van der Waals surface area contributed by atoms with Gasteiger partial charge in [-0.1, -0.05) is 12.1 Å². The van der Waals surface area contributed by atoms with Gasteiger partial charge in [0.2, 0.25) is 5.75 Å². The summed E-state index contributed by atoms with van der Waals surface area (Å²) in [7, 11) is 1.58. The Morgan fingerprint density at radius 2 is 2.15 bits per heavy atom. The number of hydrogen-bond acceptors (Lipinski definition) is 6. The van der Waals surface area contributed by atoms with Gasteiger partial charge in [-0.25, -0.2) is 15.8 Å². The molecule has 2 aromatic rings. The second-order valence-corrected chi connectivity index (χ2v) is 4.31. The highest BCUT2D eigenvalue weighted by Crippen LogP contribution is 2.35. The Morgan fingerprint density at radius 3 is 2.75 bits per heavy atom. The van der Waals surface area contributed by atoms with Gasteiger partial charge in [0.25, 0.3) is 0 Å². The zero-order valence-corrected chi connectivity index (χ0v) is 11.9. The average molecular weight is 273 g/mol. The highest BCUT2D eigenvalue weighted by Gasteiger charge is 2.18. The molecule has 0 radical (unpaired) electrons. The van der Waals surface area contributed by atoms with E-state index in [1.807, 2.05) is 17.0 Å². The number of rotatable bonds is 5. The Balaban J connectivity index is 2.52. The first kappa shape index (κ1) is 14.1. The molecule has 1 aromatic carbocycles. The van der Waals surface area contributed by atoms with Crippen LogP contribution in [0.2, 0.25) is 0 Å². The third-order valence-electron chi connectivity index (χ3n) is 3.01. The Bertz CT molecular complexity index is 588. The number of nitrogens with zero attached hydrogens (tertiary/aromatic N) is 3. The van der Waals surface area contributed by atoms with Crippen LogP contribution >= 0.6 is 0 Å². The lowest BCUT2D eigenvalue weighted by molar-refractivity contribution is 0.413. The molecule has 6 heteroatoms. The summed E-state index contributed by atoms with van der Waals surface area (Å²) in [4.78, 5) is 10.4. The fourth-order valence-corrected chi connectivity index (χ4v) is 2.10. The molecule has 106 valence electrons. The molecule has 0 fully saturated rings. The predicted molar refractivity (Wildman–Crippen MR) is 80.3 cm³/mol. The van der Waals surface area contributed by atoms with Gasteiger partial charge in [-0.2, -0.15) is 0 Å². The SMILES string of the molecule is CCN(c1cccc(C)c1)c1ncnc(NN)c1OC. The second kappa shape index (κ2) is 6.21. The number of nitrogens with two attached hydrogens (primary N) is 1. The topological polar surface area (TPSA) is 76.3 Å². The van der Waals surface area contributed by atoms with Crippen LogP contribution in [-0.4, -0.2) is 23.6 Å². The molecule has 3 N–H and O–H groups in total. The maximum atomic E-state index is 5.46. The van der Waals surface area contributed by atoms with Crippen molar-refractivity contribution in [2.24, 2.45) is 5.84 Å². The van der Waals surface area contributed by atoms with Gasteiger partial charge in [0.05, 0.1) is 7.11 Å². The van der Waals surface area contributed by atoms with Crippen molar-refractivity contribution in [1.82, 2.24) is 9.97 Å². The number of hydrazine groups is 1. The molecule has 0 spiro atoms. The minimum atomic E-state index is 0.462. The molecule has 1 aromatic heterocycles. The smallest absolute Gasteiger partial charge is 0.206 e. The Hall–Kier alpha value is -2.34. The lowest BCUT2D eigenvalue weighted by Crippen LogP contribution is -2.20. The zero-order valence-electron chi connectivity index (χ0n) is 11.9. The lowest BCUT2D eigenvalue weighted by atomic mass is 10.2. The minimum absolute atomic E-state index is 0.462. The van der Waals surface area contributed by atoms with E-state index in [2.05, 4.69) is 41.4 Å². The van der Waals surface area contributed by atoms with Crippen molar-refractivity contribution in [2.75, 3.05) is 24.0 Å². The van der Waals surface area contributed by atoms with Crippen LogP contribution in [0.4, 0.5) is 17.3 Å². The van der Waals surface area contributed by atoms with Crippen molar-refractivity contribution in [2.45, 2.75) is 13.8 Å². The average Bonchev–Trinajstić information content (AvgIpc) is 2.47. The van der Waals surface area contributed by atoms with Crippen LogP contribution in [0.3, 0.4) is 0 Å². The molecule has 0 aliphatic heterocycles. The van der Waals surface area contributed by atoms with Crippen molar-refractivity contribution in [3.8, 4) is 5.75 Å². The standard InChI is InChI=1S/C14H19N5O/c1-4-19(11-7-5-6-10(2)8-11)14-12(20-3)13(18-15)16-9-17-14/h5-9H,4,15H2,1-3H3,(H,16,17,18). The maximum Gasteiger partial charge on any atom is 0.206 e. The number of nitrogen functional groups attached to an aromatic ring is 1. The molecular formula is C14H19N5O. The molecule has 6 nitrogen and oxygen atoms in total. The van der Waals surface area contributed by atoms with Gasteiger partial charge in [-0.15, -0.1) is 0 Å². The van der Waals surface area contributed by atoms with Crippen LogP contribution in [0.15, 0.2) is 30.6 Å². The van der Waals surface area contributed by atoms with E-state index in [4.69, 9.17) is 10.6 Å². The molecule has 2 rings (SSSR count). The molecule has 0 atom stereocenters. The molecule has 0 aliphatic carbocycles. The fraction of sp³-hybridized carbons (Fsp3) is 0.286. The monoisotopic (exact) mass is 273 g/mol. The summed E-state index contributed by atoms with van der Waals surface area (Å²) in [5.41, 5.74) is 4.76. The summed E-state index contributed by atoms with van der Waals surface area (Å²) in [5.74, 6) is 7.13. The minimum Gasteiger partial charge on any atom is -0.490 e. The van der Waals surface area contributed by atoms with Crippen LogP contribution in [0.25, 0.3) is 0 Å². The number of aryl methyl sites for hydroxylation is 1. The van der Waals surface area contributed by atoms with E-state index in [-0.39, 0.29) is 0 Å². The predicted octanol–water partition coefficient (Wildman–Crippen LogP) is 2.24. The number of benzene rings is 1. The van der Waals surface area contributed by atoms with Gasteiger partial charge in [-0.05, 0) is 31.5 Å². The van der Waals surface area contributed by atoms with Crippen molar-refractivity contribution in [3.63, 3.8) is 0 Å². The highest BCUT2D eigenvalue weighted by molar-refractivity contribution is 5.71. The number of nitrogens with one attached hydrogen (secondary N) is 1. The van der Waals surface area contributed by atoms with Gasteiger partial charge >= 0.3 is 0 Å². The van der Waals surface area contributed by atoms with E-state index in [0.29, 0.717) is 17.4 Å². The molecule has 0 amide bonds. The number of hydrogen-bond donors (Lipinski definition) is 2. The number of ether oxygens (including phenoxy) is 1. The largest absolute Gasteiger partial charge is 0.490 e. The summed E-state index contributed by atoms with van der Waals surface area (Å²) >= 11 is 0. The lowest BCUT2D eigenvalue weighted by Gasteiger charge is -2.24. The molecule has 0 unspecified atom stereocenters. The molecule has 0 bridgehead atoms. The molecule has 20 heavy (non-hydrogen) atoms. The molecular weight excluding hydrogens is 254 g/mol. The van der Waals surface area contributed by atoms with Crippen LogP contribution in [-0.2, 0) is 0 Å². The summed E-state index contributed by atoms with van der Waals surface area (Å²) in [6, 6.07) is 8.21. The molecule has 0 saturated heterocycles. The zero-order chi connectivity index (χ0) is 14.5. The van der Waals surface area contributed by atoms with E-state index in [9.17, 15) is 0 Å². The highest BCUT2D eigenvalue weighted by atomic mass is 16.5. The van der Waals surface area contributed by atoms with Gasteiger partial charge in [-0.3, -0.25) is 0 Å². The first-order chi connectivity index (χ1) is 9.71. The number of aromatic nitrogens is 2. The molecule has 1 heterocycles. The third kappa shape index (κ3) is 2.65. The van der Waals surface area contributed by atoms with E-state index < -0.39 is 0 Å². The van der Waals surface area contributed by atoms with E-state index in [1.54, 1.807) is 7.11 Å². The van der Waals surface area contributed by atoms with Crippen molar-refractivity contribution in [1.29, 1.82) is 0 Å². The van der Waals surface area contributed by atoms with E-state index in [1.165, 1.54) is 11.9 Å². The first-order valence-electron chi connectivity index (χ1n) is 6.41. The van der Waals surface area contributed by atoms with E-state index in [0.717, 1.165) is 12.2 Å². The van der Waals surface area contributed by atoms with Gasteiger partial charge < -0.3 is 15.1 Å². The van der Waals surface area contributed by atoms with Crippen LogP contribution in [0.1, 0.15) is 12.5 Å². The summed E-state index contributed by atoms with van der Waals surface area (Å²) in [5, 5.41) is 0. The van der Waals surface area contributed by atoms with Crippen molar-refractivity contribution >= 4 is 17.3 Å². The molecule has 0 aliphatic rings. The summed E-state index contributed by atoms with van der Waals surface area (Å²) in [6.45, 7) is 4.86. The fourth-order valence-electron chi connectivity index (χ4n) is 2.10. The Labute approximate surface area is 118 Å². The number of anilines is 3. The van der Waals surface area contributed by atoms with Gasteiger partial charge in [0.15, 0.2) is 11.6 Å². The first-order valence-corrected chi connectivity index (χ1v) is 6.41. The summed E-state index contributed by atoms with van der Waals surface area (Å²) in [6.07, 6.45) is 1.46. The third-order valence-corrected chi connectivity index (χ3v) is 3.01. The van der Waals surface area contributed by atoms with E-state index >= 15 is 0 Å². The van der Waals surface area contributed by atoms with Gasteiger partial charge in [0, 0.05) is 12.2 Å². The second-order valence-electron chi connectivity index (χ2n) is 4.31. The van der Waals surface area contributed by atoms with Crippen LogP contribution in [0.5, 0.6) is 5.75 Å². The van der Waals surface area contributed by atoms with Crippen molar-refractivity contribution in [3.05, 3.63) is 36.2 Å². The quantitative estimate of drug-likeness (QED) is 0.642. The molecule has 0 saturated carbocycles. The number of methoxy groups -OCH3 is 1. The van der Waals surface area contributed by atoms with Crippen LogP contribution in [0, 0.1) is 6.92 Å². The van der Waals surface area contributed by atoms with Crippen LogP contribution < -0.4 is 20.9 Å². The van der Waals surface area contributed by atoms with Crippen molar-refractivity contribution < 1.29 is 4.74 Å². The summed E-state index contributed by atoms with van der Waals surface area (Å²) < 4.78 is 5.39. The Kier molecular flexibility index (Phi) is 4.37. The normalized spacial score (nSPS) is 10.2. The maximum absolute atomic E-state index is 5.46. The Morgan fingerprint density at radius 1 is 1.35 bits per heavy atom. The van der Waals surface area contributed by atoms with Gasteiger partial charge in [0.1, 0.15) is 6.33 Å².